The van der Waals surface area contributed by atoms with Gasteiger partial charge < -0.3 is 10.4 Å². The van der Waals surface area contributed by atoms with Crippen LogP contribution in [0.5, 0.6) is 0 Å². The molecule has 0 unspecified atom stereocenters. The molecule has 0 saturated carbocycles. The van der Waals surface area contributed by atoms with E-state index in [4.69, 9.17) is 5.11 Å². The lowest BCUT2D eigenvalue weighted by atomic mass is 10.1. The van der Waals surface area contributed by atoms with Crippen molar-refractivity contribution in [3.63, 3.8) is 0 Å². The van der Waals surface area contributed by atoms with Crippen LogP contribution in [-0.4, -0.2) is 17.6 Å². The Hall–Kier alpha value is -2.57. The van der Waals surface area contributed by atoms with Crippen molar-refractivity contribution < 1.29 is 9.90 Å². The fourth-order valence-electron chi connectivity index (χ4n) is 1.76. The molecule has 2 rings (SSSR count). The molecule has 0 aromatic heterocycles. The van der Waals surface area contributed by atoms with Gasteiger partial charge in [0.2, 0.25) is 5.91 Å². The second-order valence-corrected chi connectivity index (χ2v) is 4.25. The van der Waals surface area contributed by atoms with E-state index in [0.29, 0.717) is 6.42 Å². The van der Waals surface area contributed by atoms with Crippen LogP contribution in [0.4, 0.5) is 5.69 Å². The summed E-state index contributed by atoms with van der Waals surface area (Å²) in [5.41, 5.74) is 2.52. The Morgan fingerprint density at radius 1 is 1.05 bits per heavy atom. The number of rotatable bonds is 3. The first-order chi connectivity index (χ1) is 9.78. The van der Waals surface area contributed by atoms with Crippen molar-refractivity contribution >= 4 is 11.6 Å². The minimum atomic E-state index is -0.157. The number of aliphatic hydroxyl groups excluding tert-OH is 1. The predicted octanol–water partition coefficient (Wildman–Crippen LogP) is 2.21. The Kier molecular flexibility index (Phi) is 4.94. The first-order valence-corrected chi connectivity index (χ1v) is 6.31. The lowest BCUT2D eigenvalue weighted by molar-refractivity contribution is -0.115. The molecule has 0 atom stereocenters. The van der Waals surface area contributed by atoms with E-state index >= 15 is 0 Å². The minimum Gasteiger partial charge on any atom is -0.384 e. The molecule has 0 heterocycles. The first kappa shape index (κ1) is 13.9. The van der Waals surface area contributed by atoms with Crippen molar-refractivity contribution in [2.45, 2.75) is 6.42 Å². The molecule has 3 nitrogen and oxygen atoms in total. The van der Waals surface area contributed by atoms with Gasteiger partial charge in [-0.2, -0.15) is 0 Å². The van der Waals surface area contributed by atoms with Gasteiger partial charge >= 0.3 is 0 Å². The first-order valence-electron chi connectivity index (χ1n) is 6.31. The molecule has 0 bridgehead atoms. The number of amides is 1. The van der Waals surface area contributed by atoms with Gasteiger partial charge in [0.05, 0.1) is 6.42 Å². The largest absolute Gasteiger partial charge is 0.384 e. The summed E-state index contributed by atoms with van der Waals surface area (Å²) in [5.74, 6) is 5.33. The van der Waals surface area contributed by atoms with E-state index in [0.717, 1.165) is 16.8 Å². The summed E-state index contributed by atoms with van der Waals surface area (Å²) in [4.78, 5) is 11.9. The summed E-state index contributed by atoms with van der Waals surface area (Å²) in [6.45, 7) is -0.157. The second-order valence-electron chi connectivity index (χ2n) is 4.25. The van der Waals surface area contributed by atoms with Gasteiger partial charge in [0.25, 0.3) is 0 Å². The zero-order chi connectivity index (χ0) is 14.2. The quantitative estimate of drug-likeness (QED) is 0.836. The van der Waals surface area contributed by atoms with E-state index in [1.54, 1.807) is 24.3 Å². The van der Waals surface area contributed by atoms with Crippen molar-refractivity contribution in [2.24, 2.45) is 0 Å². The lowest BCUT2D eigenvalue weighted by Crippen LogP contribution is -2.14. The molecule has 0 aliphatic carbocycles. The predicted molar refractivity (Wildman–Crippen MR) is 79.2 cm³/mol. The Labute approximate surface area is 118 Å². The van der Waals surface area contributed by atoms with Crippen molar-refractivity contribution in [1.82, 2.24) is 0 Å². The molecule has 100 valence electrons. The maximum absolute atomic E-state index is 11.9. The molecule has 0 spiro atoms. The van der Waals surface area contributed by atoms with E-state index in [1.807, 2.05) is 30.3 Å². The van der Waals surface area contributed by atoms with Crippen LogP contribution in [0, 0.1) is 11.8 Å². The molecule has 2 N–H and O–H groups in total. The molecule has 0 saturated heterocycles. The number of aliphatic hydroxyl groups is 1. The average Bonchev–Trinajstić information content (AvgIpc) is 2.47. The zero-order valence-corrected chi connectivity index (χ0v) is 11.0. The van der Waals surface area contributed by atoms with Crippen molar-refractivity contribution in [3.05, 3.63) is 65.7 Å². The highest BCUT2D eigenvalue weighted by atomic mass is 16.2. The third kappa shape index (κ3) is 4.27. The number of carbonyl (C=O) groups excluding carboxylic acids is 1. The van der Waals surface area contributed by atoms with E-state index in [9.17, 15) is 4.79 Å². The molecule has 2 aromatic rings. The molecule has 0 fully saturated rings. The molecule has 0 aliphatic heterocycles. The zero-order valence-electron chi connectivity index (χ0n) is 11.0. The maximum Gasteiger partial charge on any atom is 0.228 e. The number of anilines is 1. The second kappa shape index (κ2) is 7.13. The average molecular weight is 265 g/mol. The van der Waals surface area contributed by atoms with Crippen molar-refractivity contribution in [2.75, 3.05) is 11.9 Å². The summed E-state index contributed by atoms with van der Waals surface area (Å²) in [5, 5.41) is 11.4. The highest BCUT2D eigenvalue weighted by Crippen LogP contribution is 2.10. The molecular weight excluding hydrogens is 250 g/mol. The van der Waals surface area contributed by atoms with E-state index in [1.165, 1.54) is 0 Å². The van der Waals surface area contributed by atoms with Gasteiger partial charge in [-0.05, 0) is 29.8 Å². The highest BCUT2D eigenvalue weighted by molar-refractivity contribution is 5.92. The van der Waals surface area contributed by atoms with Crippen LogP contribution in [0.25, 0.3) is 0 Å². The summed E-state index contributed by atoms with van der Waals surface area (Å²) in [6, 6.07) is 16.8. The summed E-state index contributed by atoms with van der Waals surface area (Å²) in [6.07, 6.45) is 0.354. The van der Waals surface area contributed by atoms with Crippen LogP contribution in [0.1, 0.15) is 11.1 Å². The Balaban J connectivity index is 1.94. The SMILES string of the molecule is O=C(Cc1ccccc1)Nc1ccc(C#CCO)cc1. The molecule has 0 aliphatic rings. The number of benzene rings is 2. The normalized spacial score (nSPS) is 9.45. The van der Waals surface area contributed by atoms with Gasteiger partial charge in [0.15, 0.2) is 0 Å². The Bertz CT molecular complexity index is 622. The maximum atomic E-state index is 11.9. The van der Waals surface area contributed by atoms with E-state index < -0.39 is 0 Å². The molecule has 3 heteroatoms. The smallest absolute Gasteiger partial charge is 0.228 e. The van der Waals surface area contributed by atoms with Gasteiger partial charge in [0, 0.05) is 11.3 Å². The van der Waals surface area contributed by atoms with E-state index in [-0.39, 0.29) is 12.5 Å². The molecule has 0 radical (unpaired) electrons. The summed E-state index contributed by atoms with van der Waals surface area (Å²) >= 11 is 0. The third-order valence-electron chi connectivity index (χ3n) is 2.69. The summed E-state index contributed by atoms with van der Waals surface area (Å²) < 4.78 is 0. The van der Waals surface area contributed by atoms with Gasteiger partial charge in [-0.25, -0.2) is 0 Å². The highest BCUT2D eigenvalue weighted by Gasteiger charge is 2.03. The molecular formula is C17H15NO2. The van der Waals surface area contributed by atoms with E-state index in [2.05, 4.69) is 17.2 Å². The lowest BCUT2D eigenvalue weighted by Gasteiger charge is -2.05. The van der Waals surface area contributed by atoms with Crippen molar-refractivity contribution in [1.29, 1.82) is 0 Å². The van der Waals surface area contributed by atoms with Crippen LogP contribution < -0.4 is 5.32 Å². The fourth-order valence-corrected chi connectivity index (χ4v) is 1.76. The van der Waals surface area contributed by atoms with Gasteiger partial charge in [0.1, 0.15) is 6.61 Å². The number of nitrogens with one attached hydrogen (secondary N) is 1. The monoisotopic (exact) mass is 265 g/mol. The standard InChI is InChI=1S/C17H15NO2/c19-12-4-7-14-8-10-16(11-9-14)18-17(20)13-15-5-2-1-3-6-15/h1-3,5-6,8-11,19H,12-13H2,(H,18,20). The van der Waals surface area contributed by atoms with Crippen LogP contribution in [0.3, 0.4) is 0 Å². The fraction of sp³-hybridized carbons (Fsp3) is 0.118. The Morgan fingerprint density at radius 2 is 1.75 bits per heavy atom. The number of carbonyl (C=O) groups is 1. The Morgan fingerprint density at radius 3 is 2.40 bits per heavy atom. The number of hydrogen-bond acceptors (Lipinski definition) is 2. The molecule has 1 amide bonds. The van der Waals surface area contributed by atoms with Crippen molar-refractivity contribution in [3.8, 4) is 11.8 Å². The topological polar surface area (TPSA) is 49.3 Å². The minimum absolute atomic E-state index is 0.0506. The third-order valence-corrected chi connectivity index (χ3v) is 2.69. The van der Waals surface area contributed by atoms with Crippen LogP contribution >= 0.6 is 0 Å². The summed E-state index contributed by atoms with van der Waals surface area (Å²) in [7, 11) is 0. The van der Waals surface area contributed by atoms with Crippen LogP contribution in [-0.2, 0) is 11.2 Å². The van der Waals surface area contributed by atoms with Crippen LogP contribution in [0.2, 0.25) is 0 Å². The number of hydrogen-bond donors (Lipinski definition) is 2. The van der Waals surface area contributed by atoms with Gasteiger partial charge in [-0.15, -0.1) is 0 Å². The molecule has 20 heavy (non-hydrogen) atoms. The van der Waals surface area contributed by atoms with Gasteiger partial charge in [-0.1, -0.05) is 42.2 Å². The van der Waals surface area contributed by atoms with Gasteiger partial charge in [-0.3, -0.25) is 4.79 Å². The van der Waals surface area contributed by atoms with Crippen LogP contribution in [0.15, 0.2) is 54.6 Å². The molecule has 2 aromatic carbocycles.